The first-order valence-electron chi connectivity index (χ1n) is 10.00. The van der Waals surface area contributed by atoms with Gasteiger partial charge in [-0.05, 0) is 38.0 Å². The molecule has 7 heteroatoms. The van der Waals surface area contributed by atoms with Crippen LogP contribution in [0.25, 0.3) is 0 Å². The van der Waals surface area contributed by atoms with Gasteiger partial charge in [-0.2, -0.15) is 5.10 Å². The van der Waals surface area contributed by atoms with Crippen molar-refractivity contribution in [3.8, 4) is 11.6 Å². The highest BCUT2D eigenvalue weighted by Gasteiger charge is 2.26. The van der Waals surface area contributed by atoms with Gasteiger partial charge in [0.05, 0.1) is 11.9 Å². The number of aromatic nitrogens is 4. The summed E-state index contributed by atoms with van der Waals surface area (Å²) >= 11 is 0. The average molecular weight is 391 g/mol. The fourth-order valence-corrected chi connectivity index (χ4v) is 3.66. The molecule has 0 unspecified atom stereocenters. The van der Waals surface area contributed by atoms with Crippen molar-refractivity contribution in [3.05, 3.63) is 66.4 Å². The van der Waals surface area contributed by atoms with Gasteiger partial charge in [-0.3, -0.25) is 14.5 Å². The second kappa shape index (κ2) is 8.86. The van der Waals surface area contributed by atoms with Gasteiger partial charge >= 0.3 is 0 Å². The van der Waals surface area contributed by atoms with Crippen LogP contribution in [-0.2, 0) is 11.3 Å². The first-order chi connectivity index (χ1) is 14.2. The standard InChI is InChI=1S/C22H25N5O2/c1-17-9-11-24-27(17)13-10-22(28)26-12-5-6-18(16-26)20-14-23-15-21(25-20)29-19-7-3-2-4-8-19/h2-4,7-9,11,14-15,18H,5-6,10,12-13,16H2,1H3/t18-/m1/s1. The Morgan fingerprint density at radius 2 is 2.07 bits per heavy atom. The smallest absolute Gasteiger partial charge is 0.238 e. The first kappa shape index (κ1) is 19.1. The van der Waals surface area contributed by atoms with Crippen molar-refractivity contribution in [3.63, 3.8) is 0 Å². The maximum absolute atomic E-state index is 12.7. The van der Waals surface area contributed by atoms with Crippen molar-refractivity contribution < 1.29 is 9.53 Å². The number of hydrogen-bond donors (Lipinski definition) is 0. The number of likely N-dealkylation sites (tertiary alicyclic amines) is 1. The zero-order valence-corrected chi connectivity index (χ0v) is 16.6. The maximum atomic E-state index is 12.7. The van der Waals surface area contributed by atoms with Crippen LogP contribution in [0.5, 0.6) is 11.6 Å². The molecule has 1 aromatic carbocycles. The van der Waals surface area contributed by atoms with E-state index in [2.05, 4.69) is 15.1 Å². The van der Waals surface area contributed by atoms with Gasteiger partial charge in [-0.1, -0.05) is 18.2 Å². The number of hydrogen-bond acceptors (Lipinski definition) is 5. The minimum absolute atomic E-state index is 0.161. The molecule has 4 rings (SSSR count). The highest BCUT2D eigenvalue weighted by molar-refractivity contribution is 5.76. The molecule has 0 bridgehead atoms. The van der Waals surface area contributed by atoms with Crippen LogP contribution in [0.4, 0.5) is 0 Å². The number of ether oxygens (including phenoxy) is 1. The molecule has 0 N–H and O–H groups in total. The van der Waals surface area contributed by atoms with Gasteiger partial charge in [0.25, 0.3) is 0 Å². The summed E-state index contributed by atoms with van der Waals surface area (Å²) in [5.74, 6) is 1.54. The monoisotopic (exact) mass is 391 g/mol. The summed E-state index contributed by atoms with van der Waals surface area (Å²) in [6.07, 6.45) is 7.57. The number of benzene rings is 1. The van der Waals surface area contributed by atoms with Crippen molar-refractivity contribution in [2.75, 3.05) is 13.1 Å². The Labute approximate surface area is 170 Å². The summed E-state index contributed by atoms with van der Waals surface area (Å²) in [4.78, 5) is 23.6. The van der Waals surface area contributed by atoms with Crippen molar-refractivity contribution in [2.24, 2.45) is 0 Å². The Balaban J connectivity index is 1.38. The lowest BCUT2D eigenvalue weighted by molar-refractivity contribution is -0.132. The number of carbonyl (C=O) groups is 1. The van der Waals surface area contributed by atoms with Gasteiger partial charge in [-0.25, -0.2) is 4.98 Å². The van der Waals surface area contributed by atoms with E-state index in [1.165, 1.54) is 0 Å². The minimum atomic E-state index is 0.161. The summed E-state index contributed by atoms with van der Waals surface area (Å²) in [5.41, 5.74) is 1.94. The maximum Gasteiger partial charge on any atom is 0.238 e. The third-order valence-electron chi connectivity index (χ3n) is 5.26. The molecule has 0 saturated carbocycles. The van der Waals surface area contributed by atoms with E-state index in [9.17, 15) is 4.79 Å². The van der Waals surface area contributed by atoms with Crippen molar-refractivity contribution in [1.29, 1.82) is 0 Å². The molecule has 0 aliphatic carbocycles. The number of carbonyl (C=O) groups excluding carboxylic acids is 1. The predicted molar refractivity (Wildman–Crippen MR) is 109 cm³/mol. The molecule has 1 aliphatic rings. The van der Waals surface area contributed by atoms with Crippen molar-refractivity contribution in [1.82, 2.24) is 24.6 Å². The zero-order valence-electron chi connectivity index (χ0n) is 16.6. The van der Waals surface area contributed by atoms with E-state index < -0.39 is 0 Å². The van der Waals surface area contributed by atoms with Crippen LogP contribution in [-0.4, -0.2) is 43.6 Å². The predicted octanol–water partition coefficient (Wildman–Crippen LogP) is 3.57. The summed E-state index contributed by atoms with van der Waals surface area (Å²) in [6.45, 7) is 4.07. The molecule has 7 nitrogen and oxygen atoms in total. The van der Waals surface area contributed by atoms with E-state index in [4.69, 9.17) is 4.74 Å². The van der Waals surface area contributed by atoms with E-state index in [-0.39, 0.29) is 11.8 Å². The van der Waals surface area contributed by atoms with E-state index >= 15 is 0 Å². The quantitative estimate of drug-likeness (QED) is 0.642. The average Bonchev–Trinajstić information content (AvgIpc) is 3.18. The highest BCUT2D eigenvalue weighted by atomic mass is 16.5. The third-order valence-corrected chi connectivity index (χ3v) is 5.26. The van der Waals surface area contributed by atoms with Crippen LogP contribution >= 0.6 is 0 Å². The molecule has 1 saturated heterocycles. The van der Waals surface area contributed by atoms with Gasteiger partial charge in [-0.15, -0.1) is 0 Å². The van der Waals surface area contributed by atoms with E-state index in [0.29, 0.717) is 25.4 Å². The van der Waals surface area contributed by atoms with Gasteiger partial charge in [0.1, 0.15) is 5.75 Å². The largest absolute Gasteiger partial charge is 0.437 e. The van der Waals surface area contributed by atoms with Crippen LogP contribution in [0.3, 0.4) is 0 Å². The number of piperidine rings is 1. The zero-order chi connectivity index (χ0) is 20.1. The van der Waals surface area contributed by atoms with Crippen LogP contribution < -0.4 is 4.74 Å². The van der Waals surface area contributed by atoms with Crippen LogP contribution in [0.15, 0.2) is 55.0 Å². The number of amides is 1. The SMILES string of the molecule is Cc1ccnn1CCC(=O)N1CCC[C@@H](c2cncc(Oc3ccccc3)n2)C1. The summed E-state index contributed by atoms with van der Waals surface area (Å²) in [6, 6.07) is 11.5. The summed E-state index contributed by atoms with van der Waals surface area (Å²) in [7, 11) is 0. The fourth-order valence-electron chi connectivity index (χ4n) is 3.66. The molecule has 2 aromatic heterocycles. The molecule has 1 atom stereocenters. The summed E-state index contributed by atoms with van der Waals surface area (Å²) < 4.78 is 7.68. The molecule has 0 radical (unpaired) electrons. The third kappa shape index (κ3) is 4.80. The number of nitrogens with zero attached hydrogens (tertiary/aromatic N) is 5. The number of rotatable bonds is 6. The Bertz CT molecular complexity index is 957. The highest BCUT2D eigenvalue weighted by Crippen LogP contribution is 2.27. The van der Waals surface area contributed by atoms with E-state index in [1.54, 1.807) is 18.6 Å². The lowest BCUT2D eigenvalue weighted by atomic mass is 9.95. The van der Waals surface area contributed by atoms with E-state index in [0.717, 1.165) is 36.5 Å². The Hall–Kier alpha value is -3.22. The van der Waals surface area contributed by atoms with Gasteiger partial charge in [0.2, 0.25) is 11.8 Å². The number of para-hydroxylation sites is 1. The second-order valence-corrected chi connectivity index (χ2v) is 7.32. The van der Waals surface area contributed by atoms with Crippen LogP contribution in [0, 0.1) is 6.92 Å². The lowest BCUT2D eigenvalue weighted by Gasteiger charge is -2.32. The molecular formula is C22H25N5O2. The minimum Gasteiger partial charge on any atom is -0.437 e. The normalized spacial score (nSPS) is 16.6. The topological polar surface area (TPSA) is 73.1 Å². The Morgan fingerprint density at radius 3 is 2.86 bits per heavy atom. The Morgan fingerprint density at radius 1 is 1.21 bits per heavy atom. The number of aryl methyl sites for hydroxylation is 2. The van der Waals surface area contributed by atoms with Gasteiger partial charge in [0, 0.05) is 50.1 Å². The van der Waals surface area contributed by atoms with E-state index in [1.807, 2.05) is 52.9 Å². The molecule has 150 valence electrons. The molecule has 1 amide bonds. The second-order valence-electron chi connectivity index (χ2n) is 7.32. The lowest BCUT2D eigenvalue weighted by Crippen LogP contribution is -2.39. The fraction of sp³-hybridized carbons (Fsp3) is 0.364. The molecule has 3 heterocycles. The molecule has 3 aromatic rings. The van der Waals surface area contributed by atoms with Crippen molar-refractivity contribution in [2.45, 2.75) is 38.6 Å². The summed E-state index contributed by atoms with van der Waals surface area (Å²) in [5, 5.41) is 4.25. The van der Waals surface area contributed by atoms with Gasteiger partial charge in [0.15, 0.2) is 0 Å². The van der Waals surface area contributed by atoms with Crippen LogP contribution in [0.2, 0.25) is 0 Å². The first-order valence-corrected chi connectivity index (χ1v) is 10.00. The molecule has 0 spiro atoms. The van der Waals surface area contributed by atoms with Gasteiger partial charge < -0.3 is 9.64 Å². The molecule has 1 aliphatic heterocycles. The molecule has 29 heavy (non-hydrogen) atoms. The van der Waals surface area contributed by atoms with Crippen LogP contribution in [0.1, 0.15) is 36.6 Å². The Kier molecular flexibility index (Phi) is 5.84. The van der Waals surface area contributed by atoms with Crippen molar-refractivity contribution >= 4 is 5.91 Å². The molecule has 1 fully saturated rings. The molecular weight excluding hydrogens is 366 g/mol.